The summed E-state index contributed by atoms with van der Waals surface area (Å²) in [7, 11) is -2.49. The summed E-state index contributed by atoms with van der Waals surface area (Å²) in [6, 6.07) is 12.5. The van der Waals surface area contributed by atoms with Crippen molar-refractivity contribution < 1.29 is 17.9 Å². The molecule has 2 aromatic rings. The van der Waals surface area contributed by atoms with Crippen molar-refractivity contribution >= 4 is 21.7 Å². The number of piperidine rings is 1. The van der Waals surface area contributed by atoms with Crippen molar-refractivity contribution in [2.45, 2.75) is 38.1 Å². The number of hydrogen-bond donors (Lipinski definition) is 1. The molecule has 1 aliphatic rings. The van der Waals surface area contributed by atoms with Crippen LogP contribution < -0.4 is 9.62 Å². The van der Waals surface area contributed by atoms with Crippen LogP contribution in [0.25, 0.3) is 0 Å². The van der Waals surface area contributed by atoms with Gasteiger partial charge in [0.15, 0.2) is 0 Å². The molecular formula is C22H28N2O4S. The average molecular weight is 417 g/mol. The van der Waals surface area contributed by atoms with Crippen LogP contribution in [0.15, 0.2) is 47.4 Å². The fourth-order valence-electron chi connectivity index (χ4n) is 3.64. The summed E-state index contributed by atoms with van der Waals surface area (Å²) >= 11 is 0. The van der Waals surface area contributed by atoms with Crippen LogP contribution in [0.3, 0.4) is 0 Å². The van der Waals surface area contributed by atoms with Gasteiger partial charge in [0.25, 0.3) is 0 Å². The Hall–Kier alpha value is -2.38. The summed E-state index contributed by atoms with van der Waals surface area (Å²) in [5.74, 6) is 0.128. The van der Waals surface area contributed by atoms with Crippen LogP contribution in [0.4, 0.5) is 5.69 Å². The summed E-state index contributed by atoms with van der Waals surface area (Å²) in [5.41, 5.74) is 2.83. The third-order valence-electron chi connectivity index (χ3n) is 5.32. The zero-order chi connectivity index (χ0) is 21.0. The van der Waals surface area contributed by atoms with E-state index in [0.29, 0.717) is 11.5 Å². The summed E-state index contributed by atoms with van der Waals surface area (Å²) in [6.45, 7) is 6.27. The summed E-state index contributed by atoms with van der Waals surface area (Å²) in [6.07, 6.45) is 2.47. The molecule has 2 aromatic carbocycles. The number of nitrogens with one attached hydrogen (secondary N) is 1. The third kappa shape index (κ3) is 5.16. The minimum atomic E-state index is -3.76. The molecule has 0 aliphatic carbocycles. The standard InChI is InChI=1S/C22H28N2O4S/c1-16-5-4-12-24(15-16)20-10-7-18(8-11-20)14-23-29(26,27)21-13-19(22(25)28-3)9-6-17(21)2/h6-11,13,16,23H,4-5,12,14-15H2,1-3H3/t16-/m1/s1. The highest BCUT2D eigenvalue weighted by molar-refractivity contribution is 7.89. The molecule has 0 saturated carbocycles. The van der Waals surface area contributed by atoms with E-state index in [1.165, 1.54) is 31.7 Å². The van der Waals surface area contributed by atoms with E-state index < -0.39 is 16.0 Å². The first-order valence-corrected chi connectivity index (χ1v) is 11.3. The first-order chi connectivity index (χ1) is 13.8. The number of ether oxygens (including phenoxy) is 1. The zero-order valence-electron chi connectivity index (χ0n) is 17.1. The van der Waals surface area contributed by atoms with E-state index in [-0.39, 0.29) is 17.0 Å². The van der Waals surface area contributed by atoms with Gasteiger partial charge >= 0.3 is 5.97 Å². The van der Waals surface area contributed by atoms with Gasteiger partial charge in [0.05, 0.1) is 17.6 Å². The lowest BCUT2D eigenvalue weighted by atomic mass is 9.99. The Balaban J connectivity index is 1.70. The van der Waals surface area contributed by atoms with Gasteiger partial charge in [-0.2, -0.15) is 0 Å². The second kappa shape index (κ2) is 8.97. The van der Waals surface area contributed by atoms with Gasteiger partial charge in [0.2, 0.25) is 10.0 Å². The van der Waals surface area contributed by atoms with Crippen molar-refractivity contribution in [2.75, 3.05) is 25.1 Å². The van der Waals surface area contributed by atoms with Crippen LogP contribution in [-0.2, 0) is 21.3 Å². The highest BCUT2D eigenvalue weighted by Gasteiger charge is 2.20. The molecule has 29 heavy (non-hydrogen) atoms. The second-order valence-corrected chi connectivity index (χ2v) is 9.39. The largest absolute Gasteiger partial charge is 0.465 e. The van der Waals surface area contributed by atoms with Crippen LogP contribution in [0, 0.1) is 12.8 Å². The van der Waals surface area contributed by atoms with E-state index in [2.05, 4.69) is 21.3 Å². The molecule has 0 unspecified atom stereocenters. The lowest BCUT2D eigenvalue weighted by Gasteiger charge is -2.32. The molecule has 1 saturated heterocycles. The number of aryl methyl sites for hydroxylation is 1. The number of rotatable bonds is 6. The first-order valence-electron chi connectivity index (χ1n) is 9.82. The molecule has 7 heteroatoms. The molecule has 1 fully saturated rings. The van der Waals surface area contributed by atoms with Gasteiger partial charge in [0.1, 0.15) is 0 Å². The monoisotopic (exact) mass is 416 g/mol. The topological polar surface area (TPSA) is 75.7 Å². The van der Waals surface area contributed by atoms with Crippen LogP contribution in [0.1, 0.15) is 41.3 Å². The molecule has 1 aliphatic heterocycles. The number of carbonyl (C=O) groups is 1. The van der Waals surface area contributed by atoms with E-state index in [0.717, 1.165) is 18.7 Å². The number of anilines is 1. The van der Waals surface area contributed by atoms with Crippen LogP contribution in [0.2, 0.25) is 0 Å². The summed E-state index contributed by atoms with van der Waals surface area (Å²) < 4.78 is 32.8. The summed E-state index contributed by atoms with van der Waals surface area (Å²) in [5, 5.41) is 0. The third-order valence-corrected chi connectivity index (χ3v) is 6.87. The van der Waals surface area contributed by atoms with Crippen molar-refractivity contribution in [1.82, 2.24) is 4.72 Å². The van der Waals surface area contributed by atoms with Gasteiger partial charge in [0, 0.05) is 25.3 Å². The molecule has 1 atom stereocenters. The fourth-order valence-corrected chi connectivity index (χ4v) is 4.93. The maximum Gasteiger partial charge on any atom is 0.337 e. The average Bonchev–Trinajstić information content (AvgIpc) is 2.72. The highest BCUT2D eigenvalue weighted by atomic mass is 32.2. The van der Waals surface area contributed by atoms with E-state index in [1.54, 1.807) is 19.1 Å². The lowest BCUT2D eigenvalue weighted by Crippen LogP contribution is -2.34. The van der Waals surface area contributed by atoms with Crippen LogP contribution in [-0.4, -0.2) is 34.6 Å². The summed E-state index contributed by atoms with van der Waals surface area (Å²) in [4.78, 5) is 14.2. The smallest absolute Gasteiger partial charge is 0.337 e. The number of methoxy groups -OCH3 is 1. The van der Waals surface area contributed by atoms with Crippen LogP contribution >= 0.6 is 0 Å². The second-order valence-electron chi connectivity index (χ2n) is 7.66. The Morgan fingerprint density at radius 3 is 2.59 bits per heavy atom. The van der Waals surface area contributed by atoms with Crippen molar-refractivity contribution in [2.24, 2.45) is 5.92 Å². The Morgan fingerprint density at radius 1 is 1.21 bits per heavy atom. The number of hydrogen-bond acceptors (Lipinski definition) is 5. The Kier molecular flexibility index (Phi) is 6.59. The number of sulfonamides is 1. The predicted octanol–water partition coefficient (Wildman–Crippen LogP) is 3.50. The normalized spacial score (nSPS) is 17.2. The van der Waals surface area contributed by atoms with E-state index in [9.17, 15) is 13.2 Å². The van der Waals surface area contributed by atoms with E-state index in [4.69, 9.17) is 0 Å². The molecule has 156 valence electrons. The van der Waals surface area contributed by atoms with Gasteiger partial charge in [-0.1, -0.05) is 25.1 Å². The Labute approximate surface area is 172 Å². The molecule has 0 aromatic heterocycles. The van der Waals surface area contributed by atoms with Gasteiger partial charge < -0.3 is 9.64 Å². The van der Waals surface area contributed by atoms with Crippen molar-refractivity contribution in [3.63, 3.8) is 0 Å². The molecule has 0 amide bonds. The fraction of sp³-hybridized carbons (Fsp3) is 0.409. The quantitative estimate of drug-likeness (QED) is 0.730. The molecule has 0 spiro atoms. The van der Waals surface area contributed by atoms with Gasteiger partial charge in [-0.3, -0.25) is 0 Å². The molecule has 0 radical (unpaired) electrons. The molecule has 0 bridgehead atoms. The van der Waals surface area contributed by atoms with Gasteiger partial charge in [-0.25, -0.2) is 17.9 Å². The molecule has 1 N–H and O–H groups in total. The van der Waals surface area contributed by atoms with Crippen molar-refractivity contribution in [3.8, 4) is 0 Å². The number of esters is 1. The molecular weight excluding hydrogens is 388 g/mol. The molecule has 1 heterocycles. The zero-order valence-corrected chi connectivity index (χ0v) is 18.0. The maximum atomic E-state index is 12.8. The SMILES string of the molecule is COC(=O)c1ccc(C)c(S(=O)(=O)NCc2ccc(N3CCC[C@@H](C)C3)cc2)c1. The predicted molar refractivity (Wildman–Crippen MR) is 114 cm³/mol. The Bertz CT molecular complexity index is 971. The maximum absolute atomic E-state index is 12.8. The number of carbonyl (C=O) groups excluding carboxylic acids is 1. The van der Waals surface area contributed by atoms with E-state index in [1.807, 2.05) is 24.3 Å². The van der Waals surface area contributed by atoms with Crippen molar-refractivity contribution in [3.05, 3.63) is 59.2 Å². The minimum absolute atomic E-state index is 0.0827. The minimum Gasteiger partial charge on any atom is -0.465 e. The van der Waals surface area contributed by atoms with Crippen LogP contribution in [0.5, 0.6) is 0 Å². The highest BCUT2D eigenvalue weighted by Crippen LogP contribution is 2.23. The van der Waals surface area contributed by atoms with Gasteiger partial charge in [-0.05, 0) is 61.1 Å². The number of benzene rings is 2. The van der Waals surface area contributed by atoms with Gasteiger partial charge in [-0.15, -0.1) is 0 Å². The lowest BCUT2D eigenvalue weighted by molar-refractivity contribution is 0.0600. The Morgan fingerprint density at radius 2 is 1.93 bits per heavy atom. The first kappa shape index (κ1) is 21.3. The molecule has 6 nitrogen and oxygen atoms in total. The van der Waals surface area contributed by atoms with Crippen molar-refractivity contribution in [1.29, 1.82) is 0 Å². The van der Waals surface area contributed by atoms with E-state index >= 15 is 0 Å². The molecule has 3 rings (SSSR count). The number of nitrogens with zero attached hydrogens (tertiary/aromatic N) is 1.